The molecule has 0 spiro atoms. The molecular weight excluding hydrogens is 280 g/mol. The summed E-state index contributed by atoms with van der Waals surface area (Å²) >= 11 is 0. The van der Waals surface area contributed by atoms with Crippen molar-refractivity contribution in [3.05, 3.63) is 41.8 Å². The molecule has 3 atom stereocenters. The fourth-order valence-corrected chi connectivity index (χ4v) is 3.54. The SMILES string of the molecule is Cc1cc(CN2CC[C@H]3C[C@H](c4ccncn4)O[C@@H]3C2)no1. The van der Waals surface area contributed by atoms with Gasteiger partial charge in [0.1, 0.15) is 18.2 Å². The monoisotopic (exact) mass is 300 g/mol. The third-order valence-corrected chi connectivity index (χ3v) is 4.63. The van der Waals surface area contributed by atoms with Gasteiger partial charge in [0.2, 0.25) is 0 Å². The zero-order valence-corrected chi connectivity index (χ0v) is 12.7. The maximum atomic E-state index is 6.25. The number of aryl methyl sites for hydroxylation is 1. The largest absolute Gasteiger partial charge is 0.367 e. The van der Waals surface area contributed by atoms with Crippen molar-refractivity contribution in [2.45, 2.75) is 38.5 Å². The van der Waals surface area contributed by atoms with Crippen molar-refractivity contribution >= 4 is 0 Å². The van der Waals surface area contributed by atoms with E-state index in [0.29, 0.717) is 12.0 Å². The number of nitrogens with zero attached hydrogens (tertiary/aromatic N) is 4. The van der Waals surface area contributed by atoms with Crippen LogP contribution in [0.2, 0.25) is 0 Å². The molecule has 2 aliphatic rings. The summed E-state index contributed by atoms with van der Waals surface area (Å²) in [5.41, 5.74) is 2.00. The molecule has 0 radical (unpaired) electrons. The Balaban J connectivity index is 1.39. The third-order valence-electron chi connectivity index (χ3n) is 4.63. The molecule has 0 unspecified atom stereocenters. The van der Waals surface area contributed by atoms with E-state index in [2.05, 4.69) is 20.0 Å². The van der Waals surface area contributed by atoms with Crippen LogP contribution in [0.1, 0.15) is 36.1 Å². The average molecular weight is 300 g/mol. The number of rotatable bonds is 3. The highest BCUT2D eigenvalue weighted by atomic mass is 16.5. The standard InChI is InChI=1S/C16H20N4O2/c1-11-6-13(19-22-11)8-20-5-3-12-7-15(21-16(12)9-20)14-2-4-17-10-18-14/h2,4,6,10,12,15-16H,3,5,7-9H2,1H3/t12-,15+,16+/m0/s1. The van der Waals surface area contributed by atoms with E-state index in [1.165, 1.54) is 6.42 Å². The summed E-state index contributed by atoms with van der Waals surface area (Å²) < 4.78 is 11.4. The van der Waals surface area contributed by atoms with Gasteiger partial charge in [-0.2, -0.15) is 0 Å². The number of ether oxygens (including phenoxy) is 1. The van der Waals surface area contributed by atoms with Gasteiger partial charge >= 0.3 is 0 Å². The molecule has 4 rings (SSSR count). The summed E-state index contributed by atoms with van der Waals surface area (Å²) in [4.78, 5) is 10.7. The van der Waals surface area contributed by atoms with Crippen molar-refractivity contribution in [1.29, 1.82) is 0 Å². The molecule has 0 bridgehead atoms. The number of fused-ring (bicyclic) bond motifs is 1. The number of piperidine rings is 1. The molecular formula is C16H20N4O2. The Kier molecular flexibility index (Phi) is 3.63. The van der Waals surface area contributed by atoms with Gasteiger partial charge in [-0.1, -0.05) is 5.16 Å². The predicted molar refractivity (Wildman–Crippen MR) is 78.9 cm³/mol. The van der Waals surface area contributed by atoms with Crippen LogP contribution in [-0.4, -0.2) is 39.2 Å². The second-order valence-electron chi connectivity index (χ2n) is 6.25. The van der Waals surface area contributed by atoms with Gasteiger partial charge in [0.05, 0.1) is 17.5 Å². The van der Waals surface area contributed by atoms with Crippen molar-refractivity contribution < 1.29 is 9.26 Å². The number of hydrogen-bond acceptors (Lipinski definition) is 6. The van der Waals surface area contributed by atoms with E-state index in [1.807, 2.05) is 19.1 Å². The minimum atomic E-state index is 0.118. The van der Waals surface area contributed by atoms with Gasteiger partial charge in [-0.05, 0) is 38.3 Å². The zero-order valence-electron chi connectivity index (χ0n) is 12.7. The molecule has 2 fully saturated rings. The highest BCUT2D eigenvalue weighted by Gasteiger charge is 2.40. The minimum Gasteiger partial charge on any atom is -0.367 e. The third kappa shape index (κ3) is 2.76. The van der Waals surface area contributed by atoms with Crippen LogP contribution in [0.4, 0.5) is 0 Å². The first-order chi connectivity index (χ1) is 10.8. The van der Waals surface area contributed by atoms with Gasteiger partial charge < -0.3 is 9.26 Å². The van der Waals surface area contributed by atoms with E-state index in [9.17, 15) is 0 Å². The van der Waals surface area contributed by atoms with Crippen LogP contribution < -0.4 is 0 Å². The highest BCUT2D eigenvalue weighted by molar-refractivity contribution is 5.07. The van der Waals surface area contributed by atoms with E-state index in [0.717, 1.165) is 43.2 Å². The first-order valence-corrected chi connectivity index (χ1v) is 7.84. The predicted octanol–water partition coefficient (Wildman–Crippen LogP) is 2.13. The number of aromatic nitrogens is 3. The Morgan fingerprint density at radius 2 is 2.36 bits per heavy atom. The van der Waals surface area contributed by atoms with Crippen LogP contribution in [0.3, 0.4) is 0 Å². The van der Waals surface area contributed by atoms with Gasteiger partial charge in [-0.3, -0.25) is 4.90 Å². The summed E-state index contributed by atoms with van der Waals surface area (Å²) in [6.45, 7) is 4.81. The summed E-state index contributed by atoms with van der Waals surface area (Å²) in [6.07, 6.45) is 6.03. The Morgan fingerprint density at radius 3 is 3.14 bits per heavy atom. The zero-order chi connectivity index (χ0) is 14.9. The second kappa shape index (κ2) is 5.78. The summed E-state index contributed by atoms with van der Waals surface area (Å²) in [5, 5.41) is 4.08. The van der Waals surface area contributed by atoms with E-state index in [1.54, 1.807) is 12.5 Å². The van der Waals surface area contributed by atoms with Crippen LogP contribution in [0.15, 0.2) is 29.2 Å². The number of hydrogen-bond donors (Lipinski definition) is 0. The Hall–Kier alpha value is -1.79. The maximum absolute atomic E-state index is 6.25. The van der Waals surface area contributed by atoms with Crippen molar-refractivity contribution in [3.63, 3.8) is 0 Å². The molecule has 22 heavy (non-hydrogen) atoms. The molecule has 6 nitrogen and oxygen atoms in total. The molecule has 0 N–H and O–H groups in total. The fraction of sp³-hybridized carbons (Fsp3) is 0.562. The topological polar surface area (TPSA) is 64.3 Å². The van der Waals surface area contributed by atoms with Crippen molar-refractivity contribution in [2.75, 3.05) is 13.1 Å². The Morgan fingerprint density at radius 1 is 1.41 bits per heavy atom. The molecule has 6 heteroatoms. The van der Waals surface area contributed by atoms with E-state index in [4.69, 9.17) is 9.26 Å². The quantitative estimate of drug-likeness (QED) is 0.865. The van der Waals surface area contributed by atoms with Gasteiger partial charge in [0, 0.05) is 25.4 Å². The minimum absolute atomic E-state index is 0.118. The molecule has 0 saturated carbocycles. The summed E-state index contributed by atoms with van der Waals surface area (Å²) in [7, 11) is 0. The second-order valence-corrected chi connectivity index (χ2v) is 6.25. The Labute approximate surface area is 129 Å². The molecule has 2 aromatic heterocycles. The molecule has 2 aliphatic heterocycles. The van der Waals surface area contributed by atoms with Gasteiger partial charge in [0.15, 0.2) is 0 Å². The lowest BCUT2D eigenvalue weighted by Crippen LogP contribution is -2.41. The summed E-state index contributed by atoms with van der Waals surface area (Å²) in [5.74, 6) is 1.50. The molecule has 116 valence electrons. The maximum Gasteiger partial charge on any atom is 0.133 e. The van der Waals surface area contributed by atoms with E-state index >= 15 is 0 Å². The van der Waals surface area contributed by atoms with Gasteiger partial charge in [0.25, 0.3) is 0 Å². The molecule has 2 saturated heterocycles. The highest BCUT2D eigenvalue weighted by Crippen LogP contribution is 2.40. The smallest absolute Gasteiger partial charge is 0.133 e. The van der Waals surface area contributed by atoms with Crippen LogP contribution in [0.5, 0.6) is 0 Å². The van der Waals surface area contributed by atoms with Gasteiger partial charge in [-0.15, -0.1) is 0 Å². The normalized spacial score (nSPS) is 28.7. The van der Waals surface area contributed by atoms with Crippen molar-refractivity contribution in [3.8, 4) is 0 Å². The summed E-state index contributed by atoms with van der Waals surface area (Å²) in [6, 6.07) is 3.96. The van der Waals surface area contributed by atoms with Crippen LogP contribution in [0, 0.1) is 12.8 Å². The van der Waals surface area contributed by atoms with Crippen LogP contribution >= 0.6 is 0 Å². The van der Waals surface area contributed by atoms with Crippen LogP contribution in [0.25, 0.3) is 0 Å². The lowest BCUT2D eigenvalue weighted by Gasteiger charge is -2.33. The molecule has 0 aromatic carbocycles. The lowest BCUT2D eigenvalue weighted by molar-refractivity contribution is -0.0111. The molecule has 0 amide bonds. The van der Waals surface area contributed by atoms with Crippen molar-refractivity contribution in [2.24, 2.45) is 5.92 Å². The first-order valence-electron chi connectivity index (χ1n) is 7.84. The Bertz CT molecular complexity index is 630. The molecule has 0 aliphatic carbocycles. The molecule has 2 aromatic rings. The molecule has 4 heterocycles. The lowest BCUT2D eigenvalue weighted by atomic mass is 9.91. The van der Waals surface area contributed by atoms with E-state index < -0.39 is 0 Å². The van der Waals surface area contributed by atoms with Crippen molar-refractivity contribution in [1.82, 2.24) is 20.0 Å². The van der Waals surface area contributed by atoms with Gasteiger partial charge in [-0.25, -0.2) is 9.97 Å². The van der Waals surface area contributed by atoms with Crippen LogP contribution in [-0.2, 0) is 11.3 Å². The first kappa shape index (κ1) is 13.8. The average Bonchev–Trinajstić information content (AvgIpc) is 3.14. The van der Waals surface area contributed by atoms with E-state index in [-0.39, 0.29) is 6.10 Å². The fourth-order valence-electron chi connectivity index (χ4n) is 3.54. The number of likely N-dealkylation sites (tertiary alicyclic amines) is 1.